The van der Waals surface area contributed by atoms with Crippen molar-refractivity contribution in [2.24, 2.45) is 17.4 Å². The molecule has 0 spiro atoms. The van der Waals surface area contributed by atoms with E-state index >= 15 is 0 Å². The lowest BCUT2D eigenvalue weighted by atomic mass is 9.96. The SMILES string of the molecule is C[C@](N)(CO)CCN(CCNC=O)C(=O)Nc1ccn(-c2ccc(CN3CC(CCN)C3)cc2)c(=O)n1. The lowest BCUT2D eigenvalue weighted by Crippen LogP contribution is -2.47. The van der Waals surface area contributed by atoms with Gasteiger partial charge in [-0.25, -0.2) is 9.59 Å². The molecule has 0 saturated carbocycles. The molecular formula is C25H38N8O4. The molecule has 1 saturated heterocycles. The van der Waals surface area contributed by atoms with E-state index in [1.807, 2.05) is 24.3 Å². The number of nitrogens with zero attached hydrogens (tertiary/aromatic N) is 4. The van der Waals surface area contributed by atoms with Gasteiger partial charge >= 0.3 is 11.7 Å². The molecule has 2 heterocycles. The molecule has 1 atom stereocenters. The lowest BCUT2D eigenvalue weighted by molar-refractivity contribution is -0.109. The highest BCUT2D eigenvalue weighted by molar-refractivity contribution is 5.88. The van der Waals surface area contributed by atoms with Crippen LogP contribution >= 0.6 is 0 Å². The van der Waals surface area contributed by atoms with Crippen molar-refractivity contribution in [2.75, 3.05) is 51.2 Å². The van der Waals surface area contributed by atoms with Crippen molar-refractivity contribution >= 4 is 18.3 Å². The summed E-state index contributed by atoms with van der Waals surface area (Å²) in [5.74, 6) is 0.799. The molecule has 1 aromatic heterocycles. The van der Waals surface area contributed by atoms with Crippen LogP contribution in [0.1, 0.15) is 25.3 Å². The maximum atomic E-state index is 12.8. The van der Waals surface area contributed by atoms with Gasteiger partial charge in [0.1, 0.15) is 5.82 Å². The lowest BCUT2D eigenvalue weighted by Gasteiger charge is -2.39. The molecule has 202 valence electrons. The van der Waals surface area contributed by atoms with Gasteiger partial charge in [0.05, 0.1) is 12.3 Å². The molecule has 1 aliphatic heterocycles. The minimum atomic E-state index is -0.854. The van der Waals surface area contributed by atoms with Crippen LogP contribution in [0.3, 0.4) is 0 Å². The van der Waals surface area contributed by atoms with E-state index in [2.05, 4.69) is 20.5 Å². The van der Waals surface area contributed by atoms with E-state index in [0.717, 1.165) is 32.6 Å². The first-order valence-electron chi connectivity index (χ1n) is 12.5. The highest BCUT2D eigenvalue weighted by Gasteiger charge is 2.25. The van der Waals surface area contributed by atoms with Gasteiger partial charge in [0.25, 0.3) is 0 Å². The minimum Gasteiger partial charge on any atom is -0.394 e. The van der Waals surface area contributed by atoms with E-state index in [1.165, 1.54) is 15.0 Å². The Labute approximate surface area is 216 Å². The standard InChI is InChI=1S/C25H38N8O4/c1-25(27,17-34)8-12-32(13-10-28-18-35)23(36)29-22-7-11-33(24(37)30-22)21-4-2-19(3-5-21)14-31-15-20(16-31)6-9-26/h2-5,7,11,18,20,34H,6,8-10,12-17,26-27H2,1H3,(H,28,35)(H,29,30,36,37)/t25-/m1/s1. The number of anilines is 1. The average molecular weight is 515 g/mol. The van der Waals surface area contributed by atoms with Crippen LogP contribution in [0.2, 0.25) is 0 Å². The summed E-state index contributed by atoms with van der Waals surface area (Å²) in [6.45, 7) is 5.88. The molecule has 7 N–H and O–H groups in total. The highest BCUT2D eigenvalue weighted by atomic mass is 16.3. The second kappa shape index (κ2) is 13.3. The number of carbonyl (C=O) groups is 2. The first-order valence-corrected chi connectivity index (χ1v) is 12.5. The van der Waals surface area contributed by atoms with E-state index in [0.29, 0.717) is 24.4 Å². The van der Waals surface area contributed by atoms with Crippen molar-refractivity contribution in [1.29, 1.82) is 0 Å². The Balaban J connectivity index is 1.60. The third kappa shape index (κ3) is 8.35. The van der Waals surface area contributed by atoms with Crippen LogP contribution in [0, 0.1) is 5.92 Å². The van der Waals surface area contributed by atoms with E-state index < -0.39 is 17.3 Å². The summed E-state index contributed by atoms with van der Waals surface area (Å²) in [5.41, 5.74) is 12.1. The quantitative estimate of drug-likeness (QED) is 0.169. The van der Waals surface area contributed by atoms with Crippen LogP contribution in [-0.4, -0.2) is 88.3 Å². The second-order valence-electron chi connectivity index (χ2n) is 9.82. The van der Waals surface area contributed by atoms with Crippen molar-refractivity contribution in [1.82, 2.24) is 24.7 Å². The molecule has 0 bridgehead atoms. The topological polar surface area (TPSA) is 172 Å². The predicted molar refractivity (Wildman–Crippen MR) is 141 cm³/mol. The number of nitrogens with one attached hydrogen (secondary N) is 2. The molecule has 0 unspecified atom stereocenters. The zero-order valence-electron chi connectivity index (χ0n) is 21.3. The van der Waals surface area contributed by atoms with Gasteiger partial charge in [0, 0.05) is 51.0 Å². The van der Waals surface area contributed by atoms with Gasteiger partial charge in [-0.15, -0.1) is 0 Å². The van der Waals surface area contributed by atoms with Crippen LogP contribution in [0.25, 0.3) is 5.69 Å². The molecule has 3 amide bonds. The Kier molecular flexibility index (Phi) is 10.1. The van der Waals surface area contributed by atoms with E-state index in [4.69, 9.17) is 11.5 Å². The number of likely N-dealkylation sites (tertiary alicyclic amines) is 1. The largest absolute Gasteiger partial charge is 0.394 e. The Morgan fingerprint density at radius 1 is 1.27 bits per heavy atom. The number of aromatic nitrogens is 2. The van der Waals surface area contributed by atoms with Gasteiger partial charge in [-0.2, -0.15) is 4.98 Å². The molecule has 37 heavy (non-hydrogen) atoms. The van der Waals surface area contributed by atoms with Crippen molar-refractivity contribution < 1.29 is 14.7 Å². The van der Waals surface area contributed by atoms with Crippen LogP contribution in [0.5, 0.6) is 0 Å². The summed E-state index contributed by atoms with van der Waals surface area (Å²) in [6, 6.07) is 8.80. The Morgan fingerprint density at radius 2 is 2.00 bits per heavy atom. The Hall–Kier alpha value is -3.32. The first kappa shape index (κ1) is 28.3. The number of aliphatic hydroxyl groups excluding tert-OH is 1. The molecule has 12 heteroatoms. The number of urea groups is 1. The number of hydrogen-bond donors (Lipinski definition) is 5. The average Bonchev–Trinajstić information content (AvgIpc) is 2.85. The third-order valence-corrected chi connectivity index (χ3v) is 6.48. The number of carbonyl (C=O) groups excluding carboxylic acids is 2. The molecule has 3 rings (SSSR count). The number of benzene rings is 1. The summed E-state index contributed by atoms with van der Waals surface area (Å²) in [6.07, 6.45) is 3.52. The summed E-state index contributed by atoms with van der Waals surface area (Å²) in [5, 5.41) is 14.5. The van der Waals surface area contributed by atoms with Gasteiger partial charge in [-0.1, -0.05) is 12.1 Å². The van der Waals surface area contributed by atoms with Gasteiger partial charge in [0.2, 0.25) is 6.41 Å². The van der Waals surface area contributed by atoms with Crippen LogP contribution in [-0.2, 0) is 11.3 Å². The summed E-state index contributed by atoms with van der Waals surface area (Å²) < 4.78 is 1.41. The van der Waals surface area contributed by atoms with Crippen LogP contribution in [0.4, 0.5) is 10.6 Å². The number of aliphatic hydroxyl groups is 1. The molecule has 1 fully saturated rings. The monoisotopic (exact) mass is 514 g/mol. The third-order valence-electron chi connectivity index (χ3n) is 6.48. The zero-order chi connectivity index (χ0) is 26.8. The smallest absolute Gasteiger partial charge is 0.354 e. The van der Waals surface area contributed by atoms with Gasteiger partial charge in [-0.05, 0) is 56.0 Å². The molecular weight excluding hydrogens is 476 g/mol. The fraction of sp³-hybridized carbons (Fsp3) is 0.520. The zero-order valence-corrected chi connectivity index (χ0v) is 21.3. The van der Waals surface area contributed by atoms with Crippen molar-refractivity contribution in [3.63, 3.8) is 0 Å². The van der Waals surface area contributed by atoms with E-state index in [1.54, 1.807) is 19.2 Å². The van der Waals surface area contributed by atoms with Crippen LogP contribution < -0.4 is 27.8 Å². The second-order valence-corrected chi connectivity index (χ2v) is 9.82. The van der Waals surface area contributed by atoms with Crippen LogP contribution in [0.15, 0.2) is 41.3 Å². The van der Waals surface area contributed by atoms with Gasteiger partial charge in [-0.3, -0.25) is 19.6 Å². The molecule has 0 aliphatic carbocycles. The van der Waals surface area contributed by atoms with Gasteiger partial charge < -0.3 is 26.8 Å². The highest BCUT2D eigenvalue weighted by Crippen LogP contribution is 2.21. The number of amides is 3. The Morgan fingerprint density at radius 3 is 2.62 bits per heavy atom. The summed E-state index contributed by atoms with van der Waals surface area (Å²) in [7, 11) is 0. The number of hydrogen-bond acceptors (Lipinski definition) is 8. The predicted octanol–water partition coefficient (Wildman–Crippen LogP) is -0.307. The van der Waals surface area contributed by atoms with E-state index in [-0.39, 0.29) is 32.1 Å². The van der Waals surface area contributed by atoms with Crippen molar-refractivity contribution in [2.45, 2.75) is 31.8 Å². The molecule has 12 nitrogen and oxygen atoms in total. The summed E-state index contributed by atoms with van der Waals surface area (Å²) >= 11 is 0. The molecule has 0 radical (unpaired) electrons. The normalized spacial score (nSPS) is 15.5. The van der Waals surface area contributed by atoms with E-state index in [9.17, 15) is 19.5 Å². The van der Waals surface area contributed by atoms with Crippen molar-refractivity contribution in [3.8, 4) is 5.69 Å². The molecule has 2 aromatic rings. The number of rotatable bonds is 14. The van der Waals surface area contributed by atoms with Crippen molar-refractivity contribution in [3.05, 3.63) is 52.6 Å². The Bertz CT molecular complexity index is 1080. The maximum absolute atomic E-state index is 12.8. The first-order chi connectivity index (χ1) is 17.7. The fourth-order valence-electron chi connectivity index (χ4n) is 4.14. The molecule has 1 aliphatic rings. The summed E-state index contributed by atoms with van der Waals surface area (Å²) in [4.78, 5) is 43.9. The molecule has 1 aromatic carbocycles. The maximum Gasteiger partial charge on any atom is 0.354 e. The minimum absolute atomic E-state index is 0.110. The number of nitrogens with two attached hydrogens (primary N) is 2. The van der Waals surface area contributed by atoms with Gasteiger partial charge in [0.15, 0.2) is 0 Å². The fourth-order valence-corrected chi connectivity index (χ4v) is 4.14.